The zero-order valence-corrected chi connectivity index (χ0v) is 11.9. The van der Waals surface area contributed by atoms with Crippen LogP contribution in [0.5, 0.6) is 0 Å². The Morgan fingerprint density at radius 2 is 1.81 bits per heavy atom. The lowest BCUT2D eigenvalue weighted by Crippen LogP contribution is -2.18. The number of hydrogen-bond donors (Lipinski definition) is 1. The second kappa shape index (κ2) is 6.02. The Morgan fingerprint density at radius 3 is 2.62 bits per heavy atom. The Kier molecular flexibility index (Phi) is 3.93. The van der Waals surface area contributed by atoms with Crippen LogP contribution in [-0.4, -0.2) is 4.98 Å². The summed E-state index contributed by atoms with van der Waals surface area (Å²) in [6.45, 7) is 2.80. The van der Waals surface area contributed by atoms with Crippen molar-refractivity contribution in [2.75, 3.05) is 0 Å². The molecule has 0 saturated carbocycles. The summed E-state index contributed by atoms with van der Waals surface area (Å²) in [6.07, 6.45) is 3.77. The van der Waals surface area contributed by atoms with Gasteiger partial charge in [0.2, 0.25) is 0 Å². The SMILES string of the molecule is C[C@H](NCc1cncc2ccccc12)c1ccc(F)cc1. The van der Waals surface area contributed by atoms with Crippen LogP contribution in [0.2, 0.25) is 0 Å². The van der Waals surface area contributed by atoms with Gasteiger partial charge in [0.1, 0.15) is 5.82 Å². The number of rotatable bonds is 4. The number of nitrogens with one attached hydrogen (secondary N) is 1. The van der Waals surface area contributed by atoms with Crippen LogP contribution < -0.4 is 5.32 Å². The average molecular weight is 280 g/mol. The van der Waals surface area contributed by atoms with E-state index in [4.69, 9.17) is 0 Å². The van der Waals surface area contributed by atoms with Gasteiger partial charge in [0.25, 0.3) is 0 Å². The van der Waals surface area contributed by atoms with Crippen LogP contribution >= 0.6 is 0 Å². The number of pyridine rings is 1. The standard InChI is InChI=1S/C18H17FN2/c1-13(14-6-8-17(19)9-7-14)21-12-16-11-20-10-15-4-2-3-5-18(15)16/h2-11,13,21H,12H2,1H3/t13-/m0/s1. The average Bonchev–Trinajstić information content (AvgIpc) is 2.53. The minimum atomic E-state index is -0.204. The third-order valence-electron chi connectivity index (χ3n) is 3.72. The molecular weight excluding hydrogens is 263 g/mol. The summed E-state index contributed by atoms with van der Waals surface area (Å²) >= 11 is 0. The van der Waals surface area contributed by atoms with Gasteiger partial charge in [-0.3, -0.25) is 4.98 Å². The van der Waals surface area contributed by atoms with E-state index in [2.05, 4.69) is 29.4 Å². The van der Waals surface area contributed by atoms with Gasteiger partial charge in [-0.1, -0.05) is 36.4 Å². The van der Waals surface area contributed by atoms with E-state index in [1.54, 1.807) is 0 Å². The van der Waals surface area contributed by atoms with Crippen LogP contribution in [0.15, 0.2) is 60.9 Å². The first-order chi connectivity index (χ1) is 10.2. The van der Waals surface area contributed by atoms with Crippen LogP contribution in [0.3, 0.4) is 0 Å². The van der Waals surface area contributed by atoms with E-state index in [9.17, 15) is 4.39 Å². The molecule has 0 fully saturated rings. The van der Waals surface area contributed by atoms with Gasteiger partial charge in [0.05, 0.1) is 0 Å². The topological polar surface area (TPSA) is 24.9 Å². The Hall–Kier alpha value is -2.26. The van der Waals surface area contributed by atoms with Gasteiger partial charge in [0, 0.05) is 30.4 Å². The minimum Gasteiger partial charge on any atom is -0.306 e. The van der Waals surface area contributed by atoms with Crippen LogP contribution in [0.1, 0.15) is 24.1 Å². The predicted molar refractivity (Wildman–Crippen MR) is 83.4 cm³/mol. The number of fused-ring (bicyclic) bond motifs is 1. The van der Waals surface area contributed by atoms with Crippen molar-refractivity contribution in [2.24, 2.45) is 0 Å². The number of benzene rings is 2. The van der Waals surface area contributed by atoms with Gasteiger partial charge in [-0.2, -0.15) is 0 Å². The van der Waals surface area contributed by atoms with Crippen LogP contribution in [0.25, 0.3) is 10.8 Å². The Bertz CT molecular complexity index is 732. The molecule has 1 atom stereocenters. The normalized spacial score (nSPS) is 12.5. The second-order valence-corrected chi connectivity index (χ2v) is 5.17. The van der Waals surface area contributed by atoms with Crippen molar-refractivity contribution < 1.29 is 4.39 Å². The lowest BCUT2D eigenvalue weighted by atomic mass is 10.1. The van der Waals surface area contributed by atoms with Crippen molar-refractivity contribution in [1.82, 2.24) is 10.3 Å². The molecule has 0 amide bonds. The highest BCUT2D eigenvalue weighted by atomic mass is 19.1. The largest absolute Gasteiger partial charge is 0.306 e. The molecule has 21 heavy (non-hydrogen) atoms. The van der Waals surface area contributed by atoms with Gasteiger partial charge >= 0.3 is 0 Å². The summed E-state index contributed by atoms with van der Waals surface area (Å²) in [5, 5.41) is 5.82. The molecule has 0 spiro atoms. The fourth-order valence-electron chi connectivity index (χ4n) is 2.45. The Labute approximate surface area is 123 Å². The summed E-state index contributed by atoms with van der Waals surface area (Å²) < 4.78 is 12.9. The van der Waals surface area contributed by atoms with E-state index in [0.29, 0.717) is 0 Å². The highest BCUT2D eigenvalue weighted by Gasteiger charge is 2.07. The molecule has 1 heterocycles. The van der Waals surface area contributed by atoms with E-state index in [0.717, 1.165) is 17.5 Å². The van der Waals surface area contributed by atoms with Crippen molar-refractivity contribution in [2.45, 2.75) is 19.5 Å². The maximum absolute atomic E-state index is 12.9. The molecule has 1 aromatic heterocycles. The van der Waals surface area contributed by atoms with Gasteiger partial charge in [-0.25, -0.2) is 4.39 Å². The molecule has 0 aliphatic heterocycles. The molecule has 2 aromatic carbocycles. The summed E-state index contributed by atoms with van der Waals surface area (Å²) in [5.74, 6) is -0.204. The predicted octanol–water partition coefficient (Wildman–Crippen LogP) is 4.22. The highest BCUT2D eigenvalue weighted by Crippen LogP contribution is 2.19. The van der Waals surface area contributed by atoms with Crippen molar-refractivity contribution in [3.8, 4) is 0 Å². The number of nitrogens with zero attached hydrogens (tertiary/aromatic N) is 1. The molecule has 106 valence electrons. The molecule has 0 unspecified atom stereocenters. The fourth-order valence-corrected chi connectivity index (χ4v) is 2.45. The van der Waals surface area contributed by atoms with Gasteiger partial charge in [0.15, 0.2) is 0 Å². The molecule has 3 heteroatoms. The maximum Gasteiger partial charge on any atom is 0.123 e. The number of aromatic nitrogens is 1. The summed E-state index contributed by atoms with van der Waals surface area (Å²) in [6, 6.07) is 15.0. The lowest BCUT2D eigenvalue weighted by Gasteiger charge is -2.15. The minimum absolute atomic E-state index is 0.157. The molecule has 1 N–H and O–H groups in total. The number of halogens is 1. The van der Waals surface area contributed by atoms with Gasteiger partial charge in [-0.05, 0) is 35.6 Å². The first-order valence-corrected chi connectivity index (χ1v) is 7.04. The zero-order valence-electron chi connectivity index (χ0n) is 11.9. The maximum atomic E-state index is 12.9. The Balaban J connectivity index is 1.76. The van der Waals surface area contributed by atoms with Crippen LogP contribution in [0.4, 0.5) is 4.39 Å². The van der Waals surface area contributed by atoms with Crippen molar-refractivity contribution >= 4 is 10.8 Å². The molecule has 0 aliphatic carbocycles. The van der Waals surface area contributed by atoms with Crippen molar-refractivity contribution in [1.29, 1.82) is 0 Å². The fraction of sp³-hybridized carbons (Fsp3) is 0.167. The molecule has 0 saturated heterocycles. The second-order valence-electron chi connectivity index (χ2n) is 5.17. The first kappa shape index (κ1) is 13.7. The van der Waals surface area contributed by atoms with Crippen LogP contribution in [0, 0.1) is 5.82 Å². The van der Waals surface area contributed by atoms with Crippen LogP contribution in [-0.2, 0) is 6.54 Å². The monoisotopic (exact) mass is 280 g/mol. The van der Waals surface area contributed by atoms with Crippen molar-refractivity contribution in [3.05, 3.63) is 77.9 Å². The Morgan fingerprint density at radius 1 is 1.05 bits per heavy atom. The third kappa shape index (κ3) is 3.09. The summed E-state index contributed by atoms with van der Waals surface area (Å²) in [5.41, 5.74) is 2.24. The quantitative estimate of drug-likeness (QED) is 0.773. The van der Waals surface area contributed by atoms with E-state index in [1.165, 1.54) is 23.1 Å². The molecular formula is C18H17FN2. The zero-order chi connectivity index (χ0) is 14.7. The summed E-state index contributed by atoms with van der Waals surface area (Å²) in [4.78, 5) is 4.29. The van der Waals surface area contributed by atoms with E-state index < -0.39 is 0 Å². The smallest absolute Gasteiger partial charge is 0.123 e. The van der Waals surface area contributed by atoms with E-state index >= 15 is 0 Å². The van der Waals surface area contributed by atoms with Crippen molar-refractivity contribution in [3.63, 3.8) is 0 Å². The number of hydrogen-bond acceptors (Lipinski definition) is 2. The van der Waals surface area contributed by atoms with Gasteiger partial charge in [-0.15, -0.1) is 0 Å². The highest BCUT2D eigenvalue weighted by molar-refractivity contribution is 5.84. The molecule has 2 nitrogen and oxygen atoms in total. The van der Waals surface area contributed by atoms with E-state index in [-0.39, 0.29) is 11.9 Å². The first-order valence-electron chi connectivity index (χ1n) is 7.04. The summed E-state index contributed by atoms with van der Waals surface area (Å²) in [7, 11) is 0. The van der Waals surface area contributed by atoms with Gasteiger partial charge < -0.3 is 5.32 Å². The molecule has 3 rings (SSSR count). The van der Waals surface area contributed by atoms with E-state index in [1.807, 2.05) is 36.7 Å². The third-order valence-corrected chi connectivity index (χ3v) is 3.72. The molecule has 3 aromatic rings. The molecule has 0 radical (unpaired) electrons. The molecule has 0 bridgehead atoms. The molecule has 0 aliphatic rings. The lowest BCUT2D eigenvalue weighted by molar-refractivity contribution is 0.572.